The Morgan fingerprint density at radius 2 is 2.00 bits per heavy atom. The Bertz CT molecular complexity index is 637. The Morgan fingerprint density at radius 3 is 2.71 bits per heavy atom. The van der Waals surface area contributed by atoms with Gasteiger partial charge in [-0.15, -0.1) is 0 Å². The zero-order valence-corrected chi connectivity index (χ0v) is 11.9. The van der Waals surface area contributed by atoms with E-state index in [4.69, 9.17) is 4.74 Å². The molecule has 1 aromatic carbocycles. The van der Waals surface area contributed by atoms with Crippen molar-refractivity contribution in [3.63, 3.8) is 0 Å². The second kappa shape index (κ2) is 7.28. The van der Waals surface area contributed by atoms with Crippen LogP contribution < -0.4 is 10.2 Å². The third-order valence-corrected chi connectivity index (χ3v) is 3.05. The fraction of sp³-hybridized carbons (Fsp3) is 0.250. The zero-order valence-electron chi connectivity index (χ0n) is 11.9. The molecule has 2 aromatic rings. The fourth-order valence-electron chi connectivity index (χ4n) is 1.90. The summed E-state index contributed by atoms with van der Waals surface area (Å²) >= 11 is 0. The van der Waals surface area contributed by atoms with Gasteiger partial charge in [0.15, 0.2) is 5.43 Å². The van der Waals surface area contributed by atoms with Crippen molar-refractivity contribution in [3.05, 3.63) is 64.6 Å². The summed E-state index contributed by atoms with van der Waals surface area (Å²) in [6.45, 7) is 1.05. The van der Waals surface area contributed by atoms with E-state index in [1.165, 1.54) is 23.4 Å². The van der Waals surface area contributed by atoms with Crippen LogP contribution in [0.25, 0.3) is 0 Å². The van der Waals surface area contributed by atoms with E-state index in [0.717, 1.165) is 5.75 Å². The van der Waals surface area contributed by atoms with Crippen molar-refractivity contribution in [2.45, 2.75) is 6.42 Å². The monoisotopic (exact) mass is 286 g/mol. The van der Waals surface area contributed by atoms with E-state index in [0.29, 0.717) is 19.6 Å². The lowest BCUT2D eigenvalue weighted by molar-refractivity contribution is 0.0786. The maximum atomic E-state index is 12.1. The summed E-state index contributed by atoms with van der Waals surface area (Å²) in [6, 6.07) is 10.9. The average Bonchev–Trinajstić information content (AvgIpc) is 2.52. The van der Waals surface area contributed by atoms with Crippen LogP contribution in [0.5, 0.6) is 5.75 Å². The van der Waals surface area contributed by atoms with Crippen LogP contribution in [-0.2, 0) is 0 Å². The summed E-state index contributed by atoms with van der Waals surface area (Å²) in [5.74, 6) is 0.530. The minimum atomic E-state index is -0.281. The number of nitrogens with one attached hydrogen (secondary N) is 1. The molecule has 0 saturated carbocycles. The van der Waals surface area contributed by atoms with Crippen molar-refractivity contribution >= 4 is 5.91 Å². The first kappa shape index (κ1) is 14.8. The second-order valence-electron chi connectivity index (χ2n) is 4.66. The number of carbonyl (C=O) groups is 1. The number of rotatable bonds is 6. The van der Waals surface area contributed by atoms with Gasteiger partial charge in [-0.2, -0.15) is 0 Å². The molecule has 110 valence electrons. The van der Waals surface area contributed by atoms with Crippen LogP contribution in [0.1, 0.15) is 16.8 Å². The Balaban J connectivity index is 1.80. The van der Waals surface area contributed by atoms with Gasteiger partial charge in [-0.25, -0.2) is 0 Å². The summed E-state index contributed by atoms with van der Waals surface area (Å²) < 4.78 is 5.56. The number of hydrogen-bond donors (Lipinski definition) is 1. The molecule has 0 unspecified atom stereocenters. The summed E-state index contributed by atoms with van der Waals surface area (Å²) in [7, 11) is 1.68. The van der Waals surface area contributed by atoms with E-state index in [9.17, 15) is 9.59 Å². The van der Waals surface area contributed by atoms with Crippen molar-refractivity contribution in [2.24, 2.45) is 0 Å². The molecule has 0 spiro atoms. The molecule has 0 fully saturated rings. The van der Waals surface area contributed by atoms with Gasteiger partial charge in [0, 0.05) is 32.1 Å². The predicted molar refractivity (Wildman–Crippen MR) is 80.6 cm³/mol. The fourth-order valence-corrected chi connectivity index (χ4v) is 1.90. The molecule has 0 aliphatic rings. The minimum Gasteiger partial charge on any atom is -0.494 e. The van der Waals surface area contributed by atoms with Gasteiger partial charge in [-0.05, 0) is 18.6 Å². The number of amides is 1. The Hall–Kier alpha value is -2.56. The van der Waals surface area contributed by atoms with Crippen LogP contribution in [-0.4, -0.2) is 36.0 Å². The van der Waals surface area contributed by atoms with Crippen LogP contribution in [0.15, 0.2) is 53.6 Å². The van der Waals surface area contributed by atoms with Crippen molar-refractivity contribution in [2.75, 3.05) is 20.2 Å². The Labute approximate surface area is 123 Å². The highest BCUT2D eigenvalue weighted by atomic mass is 16.5. The van der Waals surface area contributed by atoms with Gasteiger partial charge < -0.3 is 14.6 Å². The van der Waals surface area contributed by atoms with Gasteiger partial charge >= 0.3 is 0 Å². The van der Waals surface area contributed by atoms with Gasteiger partial charge in [0.05, 0.1) is 6.61 Å². The van der Waals surface area contributed by atoms with Crippen molar-refractivity contribution in [3.8, 4) is 5.75 Å². The molecule has 1 aromatic heterocycles. The average molecular weight is 286 g/mol. The number of H-pyrrole nitrogens is 1. The molecule has 1 heterocycles. The number of carbonyl (C=O) groups excluding carboxylic acids is 1. The highest BCUT2D eigenvalue weighted by molar-refractivity contribution is 5.93. The van der Waals surface area contributed by atoms with E-state index in [-0.39, 0.29) is 16.9 Å². The summed E-state index contributed by atoms with van der Waals surface area (Å²) in [6.07, 6.45) is 3.64. The molecule has 21 heavy (non-hydrogen) atoms. The quantitative estimate of drug-likeness (QED) is 0.825. The maximum absolute atomic E-state index is 12.1. The third-order valence-electron chi connectivity index (χ3n) is 3.05. The van der Waals surface area contributed by atoms with Crippen LogP contribution in [0.3, 0.4) is 0 Å². The molecule has 1 N–H and O–H groups in total. The molecule has 0 aliphatic carbocycles. The van der Waals surface area contributed by atoms with E-state index in [2.05, 4.69) is 4.98 Å². The van der Waals surface area contributed by atoms with Crippen LogP contribution in [0.4, 0.5) is 0 Å². The molecular weight excluding hydrogens is 268 g/mol. The lowest BCUT2D eigenvalue weighted by atomic mass is 10.2. The lowest BCUT2D eigenvalue weighted by Crippen LogP contribution is -2.32. The normalized spacial score (nSPS) is 10.1. The predicted octanol–water partition coefficient (Wildman–Crippen LogP) is 1.92. The van der Waals surface area contributed by atoms with Gasteiger partial charge in [0.1, 0.15) is 11.3 Å². The van der Waals surface area contributed by atoms with Crippen molar-refractivity contribution in [1.82, 2.24) is 9.88 Å². The highest BCUT2D eigenvalue weighted by Crippen LogP contribution is 2.08. The summed E-state index contributed by atoms with van der Waals surface area (Å²) in [4.78, 5) is 28.0. The Morgan fingerprint density at radius 1 is 1.24 bits per heavy atom. The summed E-state index contributed by atoms with van der Waals surface area (Å²) in [5.41, 5.74) is -0.116. The van der Waals surface area contributed by atoms with Gasteiger partial charge in [0.2, 0.25) is 0 Å². The number of benzene rings is 1. The SMILES string of the molecule is CN(CCCOc1ccccc1)C(=O)c1c[nH]ccc1=O. The van der Waals surface area contributed by atoms with Crippen molar-refractivity contribution < 1.29 is 9.53 Å². The molecule has 5 nitrogen and oxygen atoms in total. The van der Waals surface area contributed by atoms with E-state index < -0.39 is 0 Å². The molecule has 0 aliphatic heterocycles. The number of pyridine rings is 1. The van der Waals surface area contributed by atoms with Crippen LogP contribution in [0, 0.1) is 0 Å². The first-order valence-corrected chi connectivity index (χ1v) is 6.79. The minimum absolute atomic E-state index is 0.156. The molecule has 0 atom stereocenters. The van der Waals surface area contributed by atoms with E-state index in [1.54, 1.807) is 7.05 Å². The van der Waals surface area contributed by atoms with Crippen molar-refractivity contribution in [1.29, 1.82) is 0 Å². The lowest BCUT2D eigenvalue weighted by Gasteiger charge is -2.16. The number of hydrogen-bond acceptors (Lipinski definition) is 3. The molecule has 0 bridgehead atoms. The topological polar surface area (TPSA) is 62.4 Å². The smallest absolute Gasteiger partial charge is 0.259 e. The molecule has 1 amide bonds. The zero-order chi connectivity index (χ0) is 15.1. The highest BCUT2D eigenvalue weighted by Gasteiger charge is 2.14. The number of ether oxygens (including phenoxy) is 1. The standard InChI is InChI=1S/C16H18N2O3/c1-18(16(20)14-12-17-9-8-15(14)19)10-5-11-21-13-6-3-2-4-7-13/h2-4,6-9,12H,5,10-11H2,1H3,(H,17,19). The van der Waals surface area contributed by atoms with Gasteiger partial charge in [-0.3, -0.25) is 9.59 Å². The maximum Gasteiger partial charge on any atom is 0.259 e. The largest absolute Gasteiger partial charge is 0.494 e. The molecule has 0 saturated heterocycles. The van der Waals surface area contributed by atoms with Gasteiger partial charge in [-0.1, -0.05) is 18.2 Å². The van der Waals surface area contributed by atoms with Crippen LogP contribution in [0.2, 0.25) is 0 Å². The molecular formula is C16H18N2O3. The van der Waals surface area contributed by atoms with Gasteiger partial charge in [0.25, 0.3) is 5.91 Å². The number of aromatic nitrogens is 1. The number of nitrogens with zero attached hydrogens (tertiary/aromatic N) is 1. The van der Waals surface area contributed by atoms with E-state index >= 15 is 0 Å². The second-order valence-corrected chi connectivity index (χ2v) is 4.66. The molecule has 0 radical (unpaired) electrons. The van der Waals surface area contributed by atoms with Crippen LogP contribution >= 0.6 is 0 Å². The first-order valence-electron chi connectivity index (χ1n) is 6.79. The molecule has 5 heteroatoms. The third kappa shape index (κ3) is 4.21. The number of aromatic amines is 1. The first-order chi connectivity index (χ1) is 10.2. The number of para-hydroxylation sites is 1. The summed E-state index contributed by atoms with van der Waals surface area (Å²) in [5, 5.41) is 0. The van der Waals surface area contributed by atoms with E-state index in [1.807, 2.05) is 30.3 Å². The molecule has 2 rings (SSSR count). The Kier molecular flexibility index (Phi) is 5.15.